The van der Waals surface area contributed by atoms with Crippen molar-refractivity contribution in [3.8, 4) is 23.1 Å². The topological polar surface area (TPSA) is 81.0 Å². The third-order valence-corrected chi connectivity index (χ3v) is 4.12. The third-order valence-electron chi connectivity index (χ3n) is 4.12. The summed E-state index contributed by atoms with van der Waals surface area (Å²) < 4.78 is 7.32. The normalized spacial score (nSPS) is 10.5. The quantitative estimate of drug-likeness (QED) is 0.801. The first-order chi connectivity index (χ1) is 11.6. The number of nitriles is 1. The highest BCUT2D eigenvalue weighted by atomic mass is 16.5. The second-order valence-corrected chi connectivity index (χ2v) is 5.41. The van der Waals surface area contributed by atoms with Crippen molar-refractivity contribution in [2.75, 3.05) is 7.11 Å². The molecule has 5 heteroatoms. The molecule has 3 aromatic rings. The number of rotatable bonds is 4. The zero-order valence-electron chi connectivity index (χ0n) is 13.5. The number of aromatic nitrogens is 1. The molecule has 1 heterocycles. The lowest BCUT2D eigenvalue weighted by atomic mass is 10.0. The molecule has 24 heavy (non-hydrogen) atoms. The Hall–Kier alpha value is -3.26. The van der Waals surface area contributed by atoms with E-state index in [4.69, 9.17) is 10.5 Å². The van der Waals surface area contributed by atoms with E-state index in [0.717, 1.165) is 27.9 Å². The number of benzene rings is 2. The summed E-state index contributed by atoms with van der Waals surface area (Å²) in [6.45, 7) is 2.66. The van der Waals surface area contributed by atoms with Crippen molar-refractivity contribution in [3.63, 3.8) is 0 Å². The Morgan fingerprint density at radius 3 is 2.71 bits per heavy atom. The molecule has 0 bridgehead atoms. The molecule has 1 aromatic heterocycles. The van der Waals surface area contributed by atoms with Crippen molar-refractivity contribution in [1.82, 2.24) is 4.57 Å². The van der Waals surface area contributed by atoms with Gasteiger partial charge in [-0.15, -0.1) is 0 Å². The van der Waals surface area contributed by atoms with Crippen molar-refractivity contribution in [2.24, 2.45) is 5.73 Å². The zero-order valence-corrected chi connectivity index (χ0v) is 13.5. The summed E-state index contributed by atoms with van der Waals surface area (Å²) in [5.41, 5.74) is 8.93. The number of nitrogens with two attached hydrogens (primary N) is 1. The SMILES string of the molecule is CCn1c(-c2cccc(OC)c2)c(C#N)c2ccc(C(N)=O)cc21. The van der Waals surface area contributed by atoms with Gasteiger partial charge < -0.3 is 15.0 Å². The Bertz CT molecular complexity index is 980. The molecule has 2 N–H and O–H groups in total. The predicted octanol–water partition coefficient (Wildman–Crippen LogP) is 3.31. The maximum Gasteiger partial charge on any atom is 0.248 e. The molecule has 3 rings (SSSR count). The molecular weight excluding hydrogens is 302 g/mol. The van der Waals surface area contributed by atoms with Gasteiger partial charge >= 0.3 is 0 Å². The van der Waals surface area contributed by atoms with Gasteiger partial charge in [-0.3, -0.25) is 4.79 Å². The molecule has 0 unspecified atom stereocenters. The molecule has 0 aliphatic carbocycles. The van der Waals surface area contributed by atoms with Crippen LogP contribution in [0.25, 0.3) is 22.2 Å². The molecule has 0 aliphatic heterocycles. The summed E-state index contributed by atoms with van der Waals surface area (Å²) in [6.07, 6.45) is 0. The van der Waals surface area contributed by atoms with E-state index in [1.807, 2.05) is 35.8 Å². The summed E-state index contributed by atoms with van der Waals surface area (Å²) in [5, 5.41) is 10.5. The Morgan fingerprint density at radius 1 is 1.29 bits per heavy atom. The molecule has 0 saturated carbocycles. The van der Waals surface area contributed by atoms with Crippen LogP contribution in [0.2, 0.25) is 0 Å². The summed E-state index contributed by atoms with van der Waals surface area (Å²) in [6, 6.07) is 15.1. The Labute approximate surface area is 139 Å². The number of methoxy groups -OCH3 is 1. The number of ether oxygens (including phenoxy) is 1. The maximum absolute atomic E-state index is 11.5. The molecule has 0 radical (unpaired) electrons. The van der Waals surface area contributed by atoms with Crippen LogP contribution in [0.5, 0.6) is 5.75 Å². The number of primary amides is 1. The first-order valence-electron chi connectivity index (χ1n) is 7.61. The number of hydrogen-bond acceptors (Lipinski definition) is 3. The molecule has 120 valence electrons. The monoisotopic (exact) mass is 319 g/mol. The average molecular weight is 319 g/mol. The van der Waals surface area contributed by atoms with E-state index in [2.05, 4.69) is 6.07 Å². The second-order valence-electron chi connectivity index (χ2n) is 5.41. The van der Waals surface area contributed by atoms with Crippen molar-refractivity contribution >= 4 is 16.8 Å². The van der Waals surface area contributed by atoms with Crippen LogP contribution in [-0.2, 0) is 6.54 Å². The molecule has 1 amide bonds. The van der Waals surface area contributed by atoms with E-state index in [0.29, 0.717) is 17.7 Å². The fourth-order valence-electron chi connectivity index (χ4n) is 3.01. The lowest BCUT2D eigenvalue weighted by molar-refractivity contribution is 0.100. The Kier molecular flexibility index (Phi) is 3.97. The Balaban J connectivity index is 2.38. The third kappa shape index (κ3) is 2.38. The second kappa shape index (κ2) is 6.09. The van der Waals surface area contributed by atoms with Crippen LogP contribution in [0.15, 0.2) is 42.5 Å². The largest absolute Gasteiger partial charge is 0.497 e. The van der Waals surface area contributed by atoms with Crippen LogP contribution in [-0.4, -0.2) is 17.6 Å². The number of aryl methyl sites for hydroxylation is 1. The van der Waals surface area contributed by atoms with Gasteiger partial charge in [-0.2, -0.15) is 5.26 Å². The van der Waals surface area contributed by atoms with Gasteiger partial charge in [0.15, 0.2) is 0 Å². The van der Waals surface area contributed by atoms with Gasteiger partial charge in [0.25, 0.3) is 0 Å². The highest BCUT2D eigenvalue weighted by Gasteiger charge is 2.19. The van der Waals surface area contributed by atoms with Gasteiger partial charge in [0, 0.05) is 23.1 Å². The smallest absolute Gasteiger partial charge is 0.248 e. The van der Waals surface area contributed by atoms with Gasteiger partial charge in [-0.1, -0.05) is 18.2 Å². The van der Waals surface area contributed by atoms with E-state index in [-0.39, 0.29) is 0 Å². The molecule has 5 nitrogen and oxygen atoms in total. The van der Waals surface area contributed by atoms with Crippen molar-refractivity contribution in [3.05, 3.63) is 53.6 Å². The summed E-state index contributed by atoms with van der Waals surface area (Å²) in [4.78, 5) is 11.5. The zero-order chi connectivity index (χ0) is 17.3. The maximum atomic E-state index is 11.5. The number of carbonyl (C=O) groups is 1. The first kappa shape index (κ1) is 15.6. The number of fused-ring (bicyclic) bond motifs is 1. The molecule has 2 aromatic carbocycles. The minimum atomic E-state index is -0.484. The van der Waals surface area contributed by atoms with Crippen LogP contribution in [0.3, 0.4) is 0 Å². The summed E-state index contributed by atoms with van der Waals surface area (Å²) >= 11 is 0. The molecule has 0 atom stereocenters. The first-order valence-corrected chi connectivity index (χ1v) is 7.61. The van der Waals surface area contributed by atoms with Gasteiger partial charge in [0.05, 0.1) is 23.9 Å². The number of amides is 1. The number of nitrogens with zero attached hydrogens (tertiary/aromatic N) is 2. The van der Waals surface area contributed by atoms with Crippen LogP contribution in [0.4, 0.5) is 0 Å². The Morgan fingerprint density at radius 2 is 2.08 bits per heavy atom. The number of hydrogen-bond donors (Lipinski definition) is 1. The molecule has 0 spiro atoms. The number of carbonyl (C=O) groups excluding carboxylic acids is 1. The van der Waals surface area contributed by atoms with Gasteiger partial charge in [0.1, 0.15) is 11.8 Å². The van der Waals surface area contributed by atoms with Gasteiger partial charge in [-0.05, 0) is 31.2 Å². The average Bonchev–Trinajstić information content (AvgIpc) is 2.94. The minimum Gasteiger partial charge on any atom is -0.497 e. The van der Waals surface area contributed by atoms with E-state index >= 15 is 0 Å². The van der Waals surface area contributed by atoms with Crippen LogP contribution >= 0.6 is 0 Å². The van der Waals surface area contributed by atoms with Crippen molar-refractivity contribution in [1.29, 1.82) is 5.26 Å². The lowest BCUT2D eigenvalue weighted by Crippen LogP contribution is -2.10. The summed E-state index contributed by atoms with van der Waals surface area (Å²) in [5.74, 6) is 0.240. The van der Waals surface area contributed by atoms with Gasteiger partial charge in [0.2, 0.25) is 5.91 Å². The van der Waals surface area contributed by atoms with E-state index in [1.54, 1.807) is 25.3 Å². The van der Waals surface area contributed by atoms with Crippen LogP contribution < -0.4 is 10.5 Å². The fourth-order valence-corrected chi connectivity index (χ4v) is 3.01. The van der Waals surface area contributed by atoms with E-state index in [9.17, 15) is 10.1 Å². The highest BCUT2D eigenvalue weighted by Crippen LogP contribution is 2.35. The lowest BCUT2D eigenvalue weighted by Gasteiger charge is -2.10. The van der Waals surface area contributed by atoms with Crippen molar-refractivity contribution in [2.45, 2.75) is 13.5 Å². The predicted molar refractivity (Wildman–Crippen MR) is 92.8 cm³/mol. The van der Waals surface area contributed by atoms with E-state index in [1.165, 1.54) is 0 Å². The molecule has 0 fully saturated rings. The minimum absolute atomic E-state index is 0.427. The molecular formula is C19H17N3O2. The van der Waals surface area contributed by atoms with Crippen molar-refractivity contribution < 1.29 is 9.53 Å². The summed E-state index contributed by atoms with van der Waals surface area (Å²) in [7, 11) is 1.61. The van der Waals surface area contributed by atoms with E-state index < -0.39 is 5.91 Å². The fraction of sp³-hybridized carbons (Fsp3) is 0.158. The van der Waals surface area contributed by atoms with Gasteiger partial charge in [-0.25, -0.2) is 0 Å². The highest BCUT2D eigenvalue weighted by molar-refractivity contribution is 6.01. The molecule has 0 saturated heterocycles. The standard InChI is InChI=1S/C19H17N3O2/c1-3-22-17-10-13(19(21)23)7-8-15(17)16(11-20)18(22)12-5-4-6-14(9-12)24-2/h4-10H,3H2,1-2H3,(H2,21,23). The molecule has 0 aliphatic rings. The van der Waals surface area contributed by atoms with Crippen LogP contribution in [0.1, 0.15) is 22.8 Å². The van der Waals surface area contributed by atoms with Crippen LogP contribution in [0, 0.1) is 11.3 Å².